The van der Waals surface area contributed by atoms with Crippen LogP contribution in [0.15, 0.2) is 0 Å². The van der Waals surface area contributed by atoms with Crippen molar-refractivity contribution < 1.29 is 9.90 Å². The Bertz CT molecular complexity index is 214. The van der Waals surface area contributed by atoms with Crippen LogP contribution in [0.4, 0.5) is 0 Å². The van der Waals surface area contributed by atoms with E-state index < -0.39 is 0 Å². The van der Waals surface area contributed by atoms with Crippen LogP contribution in [0.2, 0.25) is 0 Å². The topological polar surface area (TPSA) is 52.6 Å². The Kier molecular flexibility index (Phi) is 3.03. The second-order valence-electron chi connectivity index (χ2n) is 4.20. The van der Waals surface area contributed by atoms with Gasteiger partial charge in [0, 0.05) is 13.1 Å². The van der Waals surface area contributed by atoms with Crippen molar-refractivity contribution in [1.82, 2.24) is 10.2 Å². The van der Waals surface area contributed by atoms with Crippen LogP contribution in [0.5, 0.6) is 0 Å². The fourth-order valence-electron chi connectivity index (χ4n) is 2.42. The molecule has 1 unspecified atom stereocenters. The summed E-state index contributed by atoms with van der Waals surface area (Å²) in [6.45, 7) is 2.72. The van der Waals surface area contributed by atoms with Crippen molar-refractivity contribution in [2.75, 3.05) is 26.2 Å². The number of nitrogens with zero attached hydrogens (tertiary/aromatic N) is 1. The van der Waals surface area contributed by atoms with Crippen molar-refractivity contribution in [3.05, 3.63) is 0 Å². The summed E-state index contributed by atoms with van der Waals surface area (Å²) in [6, 6.07) is 0.0862. The molecule has 2 heterocycles. The number of carbonyl (C=O) groups excluding carboxylic acids is 1. The van der Waals surface area contributed by atoms with Gasteiger partial charge in [-0.15, -0.1) is 0 Å². The first-order valence-electron chi connectivity index (χ1n) is 5.45. The summed E-state index contributed by atoms with van der Waals surface area (Å²) < 4.78 is 0. The number of likely N-dealkylation sites (tertiary alicyclic amines) is 1. The molecule has 0 aromatic rings. The smallest absolute Gasteiger partial charge is 0.227 e. The molecule has 80 valence electrons. The SMILES string of the molecule is O=C(C1CCNC1)N1CCC[C@H]1CO. The van der Waals surface area contributed by atoms with E-state index in [4.69, 9.17) is 5.11 Å². The van der Waals surface area contributed by atoms with Gasteiger partial charge < -0.3 is 15.3 Å². The fraction of sp³-hybridized carbons (Fsp3) is 0.900. The van der Waals surface area contributed by atoms with E-state index in [-0.39, 0.29) is 24.5 Å². The van der Waals surface area contributed by atoms with Gasteiger partial charge in [-0.2, -0.15) is 0 Å². The highest BCUT2D eigenvalue weighted by molar-refractivity contribution is 5.80. The second-order valence-corrected chi connectivity index (χ2v) is 4.20. The normalized spacial score (nSPS) is 32.5. The monoisotopic (exact) mass is 198 g/mol. The van der Waals surface area contributed by atoms with Crippen LogP contribution >= 0.6 is 0 Å². The minimum Gasteiger partial charge on any atom is -0.394 e. The molecule has 0 bridgehead atoms. The van der Waals surface area contributed by atoms with Crippen molar-refractivity contribution in [2.45, 2.75) is 25.3 Å². The Labute approximate surface area is 84.3 Å². The van der Waals surface area contributed by atoms with Crippen LogP contribution < -0.4 is 5.32 Å². The standard InChI is InChI=1S/C10H18N2O2/c13-7-9-2-1-5-12(9)10(14)8-3-4-11-6-8/h8-9,11,13H,1-7H2/t8?,9-/m0/s1. The zero-order valence-electron chi connectivity index (χ0n) is 8.41. The zero-order chi connectivity index (χ0) is 9.97. The van der Waals surface area contributed by atoms with Crippen molar-refractivity contribution >= 4 is 5.91 Å². The molecule has 0 aromatic heterocycles. The zero-order valence-corrected chi connectivity index (χ0v) is 8.41. The third-order valence-corrected chi connectivity index (χ3v) is 3.28. The predicted molar refractivity (Wildman–Crippen MR) is 52.8 cm³/mol. The van der Waals surface area contributed by atoms with Crippen molar-refractivity contribution in [2.24, 2.45) is 5.92 Å². The maximum Gasteiger partial charge on any atom is 0.227 e. The van der Waals surface area contributed by atoms with Gasteiger partial charge in [-0.25, -0.2) is 0 Å². The highest BCUT2D eigenvalue weighted by atomic mass is 16.3. The van der Waals surface area contributed by atoms with Gasteiger partial charge in [0.25, 0.3) is 0 Å². The first kappa shape index (κ1) is 9.93. The lowest BCUT2D eigenvalue weighted by atomic mass is 10.1. The Morgan fingerprint density at radius 3 is 3.00 bits per heavy atom. The molecule has 0 aliphatic carbocycles. The number of hydrogen-bond donors (Lipinski definition) is 2. The fourth-order valence-corrected chi connectivity index (χ4v) is 2.42. The van der Waals surface area contributed by atoms with Crippen molar-refractivity contribution in [3.8, 4) is 0 Å². The minimum absolute atomic E-state index is 0.0862. The van der Waals surface area contributed by atoms with E-state index in [0.29, 0.717) is 0 Å². The lowest BCUT2D eigenvalue weighted by Crippen LogP contribution is -2.41. The Morgan fingerprint density at radius 2 is 2.36 bits per heavy atom. The second kappa shape index (κ2) is 4.28. The molecule has 2 atom stereocenters. The Hall–Kier alpha value is -0.610. The van der Waals surface area contributed by atoms with E-state index in [1.807, 2.05) is 4.90 Å². The first-order chi connectivity index (χ1) is 6.83. The van der Waals surface area contributed by atoms with E-state index in [0.717, 1.165) is 38.9 Å². The minimum atomic E-state index is 0.0862. The third kappa shape index (κ3) is 1.77. The van der Waals surface area contributed by atoms with Gasteiger partial charge in [0.1, 0.15) is 0 Å². The average Bonchev–Trinajstić information content (AvgIpc) is 2.87. The third-order valence-electron chi connectivity index (χ3n) is 3.28. The first-order valence-corrected chi connectivity index (χ1v) is 5.45. The number of amides is 1. The molecule has 4 nitrogen and oxygen atoms in total. The molecule has 2 aliphatic rings. The maximum atomic E-state index is 12.0. The summed E-state index contributed by atoms with van der Waals surface area (Å²) >= 11 is 0. The number of aliphatic hydroxyl groups is 1. The highest BCUT2D eigenvalue weighted by Gasteiger charge is 2.33. The maximum absolute atomic E-state index is 12.0. The van der Waals surface area contributed by atoms with Gasteiger partial charge in [0.2, 0.25) is 5.91 Å². The Morgan fingerprint density at radius 1 is 1.50 bits per heavy atom. The summed E-state index contributed by atoms with van der Waals surface area (Å²) in [5.74, 6) is 0.397. The number of hydrogen-bond acceptors (Lipinski definition) is 3. The van der Waals surface area contributed by atoms with Crippen molar-refractivity contribution in [3.63, 3.8) is 0 Å². The van der Waals surface area contributed by atoms with Crippen LogP contribution in [-0.4, -0.2) is 48.2 Å². The number of nitrogens with one attached hydrogen (secondary N) is 1. The van der Waals surface area contributed by atoms with Gasteiger partial charge in [-0.1, -0.05) is 0 Å². The molecule has 4 heteroatoms. The molecule has 0 radical (unpaired) electrons. The van der Waals surface area contributed by atoms with Crippen LogP contribution in [0.3, 0.4) is 0 Å². The summed E-state index contributed by atoms with van der Waals surface area (Å²) in [5, 5.41) is 12.3. The molecule has 2 fully saturated rings. The molecular weight excluding hydrogens is 180 g/mol. The molecule has 14 heavy (non-hydrogen) atoms. The lowest BCUT2D eigenvalue weighted by Gasteiger charge is -2.25. The van der Waals surface area contributed by atoms with Crippen LogP contribution in [-0.2, 0) is 4.79 Å². The lowest BCUT2D eigenvalue weighted by molar-refractivity contribution is -0.136. The van der Waals surface area contributed by atoms with Gasteiger partial charge >= 0.3 is 0 Å². The summed E-state index contributed by atoms with van der Waals surface area (Å²) in [5.41, 5.74) is 0. The van der Waals surface area contributed by atoms with E-state index in [2.05, 4.69) is 5.32 Å². The molecular formula is C10H18N2O2. The quantitative estimate of drug-likeness (QED) is 0.633. The predicted octanol–water partition coefficient (Wildman–Crippen LogP) is -0.421. The summed E-state index contributed by atoms with van der Waals surface area (Å²) in [6.07, 6.45) is 2.95. The molecule has 0 spiro atoms. The molecule has 0 saturated carbocycles. The van der Waals surface area contributed by atoms with E-state index in [1.54, 1.807) is 0 Å². The van der Waals surface area contributed by atoms with Crippen LogP contribution in [0.1, 0.15) is 19.3 Å². The molecule has 0 aromatic carbocycles. The van der Waals surface area contributed by atoms with Gasteiger partial charge in [0.05, 0.1) is 18.6 Å². The van der Waals surface area contributed by atoms with E-state index in [1.165, 1.54) is 0 Å². The van der Waals surface area contributed by atoms with Gasteiger partial charge in [0.15, 0.2) is 0 Å². The largest absolute Gasteiger partial charge is 0.394 e. The number of rotatable bonds is 2. The summed E-state index contributed by atoms with van der Waals surface area (Å²) in [7, 11) is 0. The molecule has 2 aliphatic heterocycles. The number of carbonyl (C=O) groups is 1. The molecule has 2 saturated heterocycles. The Balaban J connectivity index is 1.95. The summed E-state index contributed by atoms with van der Waals surface area (Å²) in [4.78, 5) is 13.9. The van der Waals surface area contributed by atoms with Crippen LogP contribution in [0.25, 0.3) is 0 Å². The van der Waals surface area contributed by atoms with E-state index >= 15 is 0 Å². The number of aliphatic hydroxyl groups excluding tert-OH is 1. The van der Waals surface area contributed by atoms with Crippen molar-refractivity contribution in [1.29, 1.82) is 0 Å². The molecule has 2 rings (SSSR count). The molecule has 1 amide bonds. The highest BCUT2D eigenvalue weighted by Crippen LogP contribution is 2.21. The van der Waals surface area contributed by atoms with Gasteiger partial charge in [-0.3, -0.25) is 4.79 Å². The van der Waals surface area contributed by atoms with Gasteiger partial charge in [-0.05, 0) is 25.8 Å². The van der Waals surface area contributed by atoms with Crippen LogP contribution in [0, 0.1) is 5.92 Å². The molecule has 2 N–H and O–H groups in total. The average molecular weight is 198 g/mol. The van der Waals surface area contributed by atoms with E-state index in [9.17, 15) is 4.79 Å².